The molecule has 0 aliphatic heterocycles. The van der Waals surface area contributed by atoms with Crippen LogP contribution in [0.15, 0.2) is 55.0 Å². The summed E-state index contributed by atoms with van der Waals surface area (Å²) in [6, 6.07) is 9.31. The van der Waals surface area contributed by atoms with Crippen molar-refractivity contribution in [2.45, 2.75) is 6.92 Å². The molecule has 0 unspecified atom stereocenters. The number of hydrogen-bond acceptors (Lipinski definition) is 3. The number of rotatable bonds is 4. The molecule has 0 radical (unpaired) electrons. The number of carboxylic acids is 1. The Morgan fingerprint density at radius 1 is 1.26 bits per heavy atom. The van der Waals surface area contributed by atoms with Crippen LogP contribution in [-0.4, -0.2) is 20.6 Å². The van der Waals surface area contributed by atoms with Crippen LogP contribution in [0.25, 0.3) is 5.69 Å². The molecule has 0 amide bonds. The Hall–Kier alpha value is -3.15. The van der Waals surface area contributed by atoms with Gasteiger partial charge in [0, 0.05) is 30.3 Å². The van der Waals surface area contributed by atoms with Crippen LogP contribution in [0, 0.1) is 12.7 Å². The van der Waals surface area contributed by atoms with Crippen molar-refractivity contribution in [3.63, 3.8) is 0 Å². The van der Waals surface area contributed by atoms with Gasteiger partial charge in [0.15, 0.2) is 0 Å². The van der Waals surface area contributed by atoms with Gasteiger partial charge in [0.1, 0.15) is 11.6 Å². The second-order valence-corrected chi connectivity index (χ2v) is 5.10. The van der Waals surface area contributed by atoms with Crippen molar-refractivity contribution in [3.8, 4) is 5.69 Å². The summed E-state index contributed by atoms with van der Waals surface area (Å²) in [5.74, 6) is -0.690. The van der Waals surface area contributed by atoms with Crippen molar-refractivity contribution >= 4 is 17.5 Å². The molecule has 0 atom stereocenters. The third kappa shape index (κ3) is 3.21. The molecular weight excluding hydrogens is 297 g/mol. The minimum atomic E-state index is -0.972. The first-order valence-corrected chi connectivity index (χ1v) is 6.94. The number of benzene rings is 1. The summed E-state index contributed by atoms with van der Waals surface area (Å²) in [5, 5.41) is 12.1. The number of halogens is 1. The monoisotopic (exact) mass is 311 g/mol. The number of carboxylic acid groups (broad SMARTS) is 1. The molecule has 0 aliphatic carbocycles. The van der Waals surface area contributed by atoms with Gasteiger partial charge < -0.3 is 15.0 Å². The number of aromatic nitrogens is 2. The summed E-state index contributed by atoms with van der Waals surface area (Å²) in [5.41, 5.74) is 2.65. The lowest BCUT2D eigenvalue weighted by Gasteiger charge is -2.11. The second-order valence-electron chi connectivity index (χ2n) is 5.10. The lowest BCUT2D eigenvalue weighted by Crippen LogP contribution is -2.00. The number of pyridine rings is 1. The first-order valence-electron chi connectivity index (χ1n) is 6.94. The van der Waals surface area contributed by atoms with Crippen molar-refractivity contribution in [1.29, 1.82) is 0 Å². The summed E-state index contributed by atoms with van der Waals surface area (Å²) in [6.45, 7) is 1.89. The van der Waals surface area contributed by atoms with Crippen LogP contribution in [0.4, 0.5) is 15.9 Å². The van der Waals surface area contributed by atoms with Crippen LogP contribution >= 0.6 is 0 Å². The Balaban J connectivity index is 1.92. The van der Waals surface area contributed by atoms with Gasteiger partial charge in [0.25, 0.3) is 0 Å². The Bertz CT molecular complexity index is 857. The fourth-order valence-electron chi connectivity index (χ4n) is 2.21. The quantitative estimate of drug-likeness (QED) is 0.770. The van der Waals surface area contributed by atoms with Gasteiger partial charge in [0.05, 0.1) is 11.3 Å². The predicted molar refractivity (Wildman–Crippen MR) is 84.9 cm³/mol. The molecule has 5 nitrogen and oxygen atoms in total. The molecule has 2 heterocycles. The number of aryl methyl sites for hydroxylation is 1. The normalized spacial score (nSPS) is 10.5. The summed E-state index contributed by atoms with van der Waals surface area (Å²) in [4.78, 5) is 15.3. The molecule has 2 N–H and O–H groups in total. The van der Waals surface area contributed by atoms with Gasteiger partial charge in [-0.05, 0) is 42.8 Å². The molecule has 0 fully saturated rings. The average Bonchev–Trinajstić information content (AvgIpc) is 3.01. The second kappa shape index (κ2) is 5.92. The molecule has 3 rings (SSSR count). The van der Waals surface area contributed by atoms with Gasteiger partial charge in [0.2, 0.25) is 0 Å². The van der Waals surface area contributed by atoms with E-state index in [4.69, 9.17) is 5.11 Å². The Morgan fingerprint density at radius 3 is 2.65 bits per heavy atom. The van der Waals surface area contributed by atoms with Crippen LogP contribution in [0.1, 0.15) is 15.9 Å². The van der Waals surface area contributed by atoms with E-state index in [0.29, 0.717) is 11.5 Å². The molecule has 6 heteroatoms. The molecule has 23 heavy (non-hydrogen) atoms. The van der Waals surface area contributed by atoms with Crippen LogP contribution in [0.5, 0.6) is 0 Å². The van der Waals surface area contributed by atoms with Gasteiger partial charge >= 0.3 is 5.97 Å². The number of nitrogens with one attached hydrogen (secondary N) is 1. The molecule has 3 aromatic rings. The first kappa shape index (κ1) is 14.8. The highest BCUT2D eigenvalue weighted by Gasteiger charge is 2.09. The molecule has 2 aromatic heterocycles. The number of hydrogen-bond donors (Lipinski definition) is 2. The van der Waals surface area contributed by atoms with E-state index < -0.39 is 5.97 Å². The van der Waals surface area contributed by atoms with Crippen LogP contribution in [0.3, 0.4) is 0 Å². The van der Waals surface area contributed by atoms with E-state index in [2.05, 4.69) is 10.3 Å². The lowest BCUT2D eigenvalue weighted by molar-refractivity contribution is 0.0697. The zero-order chi connectivity index (χ0) is 16.4. The zero-order valence-electron chi connectivity index (χ0n) is 12.3. The molecule has 116 valence electrons. The number of nitrogens with zero attached hydrogens (tertiary/aromatic N) is 2. The third-order valence-electron chi connectivity index (χ3n) is 3.41. The van der Waals surface area contributed by atoms with E-state index in [1.165, 1.54) is 18.2 Å². The molecule has 1 aromatic carbocycles. The van der Waals surface area contributed by atoms with Crippen LogP contribution < -0.4 is 5.32 Å². The topological polar surface area (TPSA) is 67.2 Å². The lowest BCUT2D eigenvalue weighted by atomic mass is 10.2. The summed E-state index contributed by atoms with van der Waals surface area (Å²) in [7, 11) is 0. The predicted octanol–water partition coefficient (Wildman–Crippen LogP) is 3.76. The van der Waals surface area contributed by atoms with E-state index in [0.717, 1.165) is 11.3 Å². The molecule has 0 bridgehead atoms. The van der Waals surface area contributed by atoms with Gasteiger partial charge in [-0.15, -0.1) is 0 Å². The van der Waals surface area contributed by atoms with E-state index in [9.17, 15) is 9.18 Å². The average molecular weight is 311 g/mol. The van der Waals surface area contributed by atoms with Crippen molar-refractivity contribution in [3.05, 3.63) is 71.9 Å². The minimum absolute atomic E-state index is 0.217. The number of aromatic carboxylic acids is 1. The van der Waals surface area contributed by atoms with Crippen LogP contribution in [-0.2, 0) is 0 Å². The summed E-state index contributed by atoms with van der Waals surface area (Å²) in [6.07, 6.45) is 4.93. The smallest absolute Gasteiger partial charge is 0.337 e. The molecule has 0 saturated carbocycles. The first-order chi connectivity index (χ1) is 11.0. The van der Waals surface area contributed by atoms with Crippen molar-refractivity contribution < 1.29 is 14.3 Å². The number of carbonyl (C=O) groups is 1. The van der Waals surface area contributed by atoms with E-state index in [-0.39, 0.29) is 11.4 Å². The van der Waals surface area contributed by atoms with Gasteiger partial charge in [-0.2, -0.15) is 0 Å². The van der Waals surface area contributed by atoms with Gasteiger partial charge in [-0.25, -0.2) is 14.2 Å². The Morgan fingerprint density at radius 2 is 2.00 bits per heavy atom. The maximum Gasteiger partial charge on any atom is 0.337 e. The Labute approximate surface area is 132 Å². The molecule has 0 spiro atoms. The van der Waals surface area contributed by atoms with E-state index in [1.807, 2.05) is 13.0 Å². The van der Waals surface area contributed by atoms with E-state index in [1.54, 1.807) is 35.3 Å². The standard InChI is InChI=1S/C17H14FN3O2/c1-11-9-19-16(20-14-4-2-13(18)3-5-14)8-15(11)21-7-6-12(10-21)17(22)23/h2-10H,1H3,(H,19,20)(H,22,23). The molecular formula is C17H14FN3O2. The minimum Gasteiger partial charge on any atom is -0.478 e. The highest BCUT2D eigenvalue weighted by Crippen LogP contribution is 2.21. The SMILES string of the molecule is Cc1cnc(Nc2ccc(F)cc2)cc1-n1ccc(C(=O)O)c1. The Kier molecular flexibility index (Phi) is 3.80. The summed E-state index contributed by atoms with van der Waals surface area (Å²) < 4.78 is 14.7. The number of anilines is 2. The molecule has 0 aliphatic rings. The largest absolute Gasteiger partial charge is 0.478 e. The van der Waals surface area contributed by atoms with Crippen molar-refractivity contribution in [2.75, 3.05) is 5.32 Å². The maximum absolute atomic E-state index is 12.9. The fourth-order valence-corrected chi connectivity index (χ4v) is 2.21. The van der Waals surface area contributed by atoms with Crippen LogP contribution in [0.2, 0.25) is 0 Å². The highest BCUT2D eigenvalue weighted by atomic mass is 19.1. The van der Waals surface area contributed by atoms with E-state index >= 15 is 0 Å². The summed E-state index contributed by atoms with van der Waals surface area (Å²) >= 11 is 0. The van der Waals surface area contributed by atoms with Gasteiger partial charge in [-0.1, -0.05) is 0 Å². The fraction of sp³-hybridized carbons (Fsp3) is 0.0588. The van der Waals surface area contributed by atoms with Crippen molar-refractivity contribution in [1.82, 2.24) is 9.55 Å². The zero-order valence-corrected chi connectivity index (χ0v) is 12.3. The van der Waals surface area contributed by atoms with Gasteiger partial charge in [-0.3, -0.25) is 0 Å². The highest BCUT2D eigenvalue weighted by molar-refractivity contribution is 5.87. The third-order valence-corrected chi connectivity index (χ3v) is 3.41. The maximum atomic E-state index is 12.9. The van der Waals surface area contributed by atoms with Crippen molar-refractivity contribution in [2.24, 2.45) is 0 Å². The molecule has 0 saturated heterocycles.